The summed E-state index contributed by atoms with van der Waals surface area (Å²) in [4.78, 5) is 8.53. The summed E-state index contributed by atoms with van der Waals surface area (Å²) in [6.45, 7) is 0. The van der Waals surface area contributed by atoms with Gasteiger partial charge in [-0.1, -0.05) is 36.0 Å². The Hall–Kier alpha value is -2.54. The minimum absolute atomic E-state index is 0.487. The zero-order valence-electron chi connectivity index (χ0n) is 12.7. The number of furan rings is 1. The predicted octanol–water partition coefficient (Wildman–Crippen LogP) is 5.69. The Morgan fingerprint density at radius 1 is 0.960 bits per heavy atom. The molecule has 0 aliphatic heterocycles. The summed E-state index contributed by atoms with van der Waals surface area (Å²) in [6.07, 6.45) is -2.85. The normalized spacial score (nSPS) is 12.1. The fourth-order valence-corrected chi connectivity index (χ4v) is 3.43. The Morgan fingerprint density at radius 2 is 1.72 bits per heavy atom. The third-order valence-corrected chi connectivity index (χ3v) is 4.82. The highest BCUT2D eigenvalue weighted by atomic mass is 32.2. The van der Waals surface area contributed by atoms with E-state index in [1.54, 1.807) is 0 Å². The van der Waals surface area contributed by atoms with E-state index in [-0.39, 0.29) is 0 Å². The number of para-hydroxylation sites is 1. The van der Waals surface area contributed by atoms with Crippen molar-refractivity contribution in [1.82, 2.24) is 9.97 Å². The molecule has 0 N–H and O–H groups in total. The first-order valence-corrected chi connectivity index (χ1v) is 8.42. The van der Waals surface area contributed by atoms with Crippen LogP contribution in [0.5, 0.6) is 0 Å². The maximum absolute atomic E-state index is 12.6. The molecular weight excluding hydrogens is 349 g/mol. The fraction of sp³-hybridized carbons (Fsp3) is 0.111. The maximum atomic E-state index is 12.6. The molecule has 0 saturated heterocycles. The maximum Gasteiger partial charge on any atom is 0.416 e. The third-order valence-electron chi connectivity index (χ3n) is 3.78. The molecule has 0 radical (unpaired) electrons. The number of benzene rings is 2. The van der Waals surface area contributed by atoms with Crippen LogP contribution in [0.25, 0.3) is 22.1 Å². The van der Waals surface area contributed by atoms with E-state index in [4.69, 9.17) is 4.42 Å². The van der Waals surface area contributed by atoms with Crippen LogP contribution in [-0.2, 0) is 11.9 Å². The smallest absolute Gasteiger partial charge is 0.416 e. The van der Waals surface area contributed by atoms with Crippen molar-refractivity contribution >= 4 is 33.8 Å². The highest BCUT2D eigenvalue weighted by molar-refractivity contribution is 7.98. The molecule has 126 valence electrons. The van der Waals surface area contributed by atoms with E-state index >= 15 is 0 Å². The summed E-state index contributed by atoms with van der Waals surface area (Å²) in [7, 11) is 0. The third kappa shape index (κ3) is 3.07. The second-order valence-corrected chi connectivity index (χ2v) is 6.40. The highest BCUT2D eigenvalue weighted by Crippen LogP contribution is 2.34. The second-order valence-electron chi connectivity index (χ2n) is 5.44. The van der Waals surface area contributed by atoms with Crippen LogP contribution < -0.4 is 0 Å². The van der Waals surface area contributed by atoms with E-state index in [1.165, 1.54) is 30.2 Å². The minimum Gasteiger partial charge on any atom is -0.451 e. The van der Waals surface area contributed by atoms with E-state index in [9.17, 15) is 13.2 Å². The Morgan fingerprint density at radius 3 is 2.48 bits per heavy atom. The molecule has 2 aromatic carbocycles. The van der Waals surface area contributed by atoms with Gasteiger partial charge in [0.25, 0.3) is 0 Å². The molecule has 0 aliphatic carbocycles. The highest BCUT2D eigenvalue weighted by Gasteiger charge is 2.29. The van der Waals surface area contributed by atoms with Gasteiger partial charge in [-0.2, -0.15) is 13.2 Å². The van der Waals surface area contributed by atoms with Crippen molar-refractivity contribution in [2.45, 2.75) is 17.0 Å². The van der Waals surface area contributed by atoms with Crippen molar-refractivity contribution in [2.75, 3.05) is 0 Å². The van der Waals surface area contributed by atoms with Crippen LogP contribution in [0.3, 0.4) is 0 Å². The van der Waals surface area contributed by atoms with Crippen LogP contribution in [0.15, 0.2) is 64.3 Å². The quantitative estimate of drug-likeness (QED) is 0.348. The van der Waals surface area contributed by atoms with Crippen molar-refractivity contribution in [3.8, 4) is 0 Å². The van der Waals surface area contributed by atoms with Gasteiger partial charge in [0.05, 0.1) is 5.56 Å². The van der Waals surface area contributed by atoms with Gasteiger partial charge < -0.3 is 4.42 Å². The van der Waals surface area contributed by atoms with Crippen LogP contribution in [-0.4, -0.2) is 9.97 Å². The van der Waals surface area contributed by atoms with Gasteiger partial charge in [0, 0.05) is 11.1 Å². The molecule has 25 heavy (non-hydrogen) atoms. The molecular formula is C18H11F3N2OS. The Bertz CT molecular complexity index is 1040. The number of fused-ring (bicyclic) bond motifs is 3. The van der Waals surface area contributed by atoms with Crippen molar-refractivity contribution in [3.05, 3.63) is 66.0 Å². The minimum atomic E-state index is -4.32. The molecule has 0 unspecified atom stereocenters. The predicted molar refractivity (Wildman–Crippen MR) is 90.3 cm³/mol. The van der Waals surface area contributed by atoms with E-state index in [2.05, 4.69) is 9.97 Å². The van der Waals surface area contributed by atoms with Gasteiger partial charge in [-0.25, -0.2) is 9.97 Å². The van der Waals surface area contributed by atoms with E-state index < -0.39 is 11.7 Å². The van der Waals surface area contributed by atoms with Gasteiger partial charge in [0.1, 0.15) is 22.5 Å². The van der Waals surface area contributed by atoms with Gasteiger partial charge in [-0.05, 0) is 29.8 Å². The Kier molecular flexibility index (Phi) is 3.88. The number of hydrogen-bond acceptors (Lipinski definition) is 4. The summed E-state index contributed by atoms with van der Waals surface area (Å²) < 4.78 is 43.7. The van der Waals surface area contributed by atoms with Crippen LogP contribution in [0, 0.1) is 0 Å². The van der Waals surface area contributed by atoms with Gasteiger partial charge >= 0.3 is 6.18 Å². The lowest BCUT2D eigenvalue weighted by atomic mass is 10.1. The molecule has 0 bridgehead atoms. The summed E-state index contributed by atoms with van der Waals surface area (Å²) in [5.74, 6) is 0.487. The van der Waals surface area contributed by atoms with Gasteiger partial charge in [-0.15, -0.1) is 0 Å². The number of halogens is 3. The fourth-order valence-electron chi connectivity index (χ4n) is 2.55. The zero-order chi connectivity index (χ0) is 17.4. The average Bonchev–Trinajstić information content (AvgIpc) is 2.99. The van der Waals surface area contributed by atoms with Crippen LogP contribution in [0.1, 0.15) is 11.1 Å². The number of aromatic nitrogens is 2. The van der Waals surface area contributed by atoms with Crippen molar-refractivity contribution in [2.24, 2.45) is 0 Å². The number of alkyl halides is 3. The Balaban J connectivity index is 1.61. The lowest BCUT2D eigenvalue weighted by molar-refractivity contribution is -0.137. The number of nitrogens with zero attached hydrogens (tertiary/aromatic N) is 2. The topological polar surface area (TPSA) is 38.9 Å². The molecule has 0 amide bonds. The standard InChI is InChI=1S/C18H11F3N2OS/c19-18(20,21)12-7-5-11(6-8-12)9-25-17-16-15(22-10-23-17)13-3-1-2-4-14(13)24-16/h1-8,10H,9H2. The van der Waals surface area contributed by atoms with Crippen LogP contribution in [0.4, 0.5) is 13.2 Å². The van der Waals surface area contributed by atoms with E-state index in [1.807, 2.05) is 24.3 Å². The van der Waals surface area contributed by atoms with E-state index in [0.717, 1.165) is 34.2 Å². The molecule has 0 atom stereocenters. The zero-order valence-corrected chi connectivity index (χ0v) is 13.6. The molecule has 0 aliphatic rings. The summed E-state index contributed by atoms with van der Waals surface area (Å²) >= 11 is 1.41. The van der Waals surface area contributed by atoms with Gasteiger partial charge in [0.2, 0.25) is 0 Å². The van der Waals surface area contributed by atoms with Crippen LogP contribution in [0.2, 0.25) is 0 Å². The van der Waals surface area contributed by atoms with Crippen molar-refractivity contribution < 1.29 is 17.6 Å². The van der Waals surface area contributed by atoms with Gasteiger partial charge in [-0.3, -0.25) is 0 Å². The SMILES string of the molecule is FC(F)(F)c1ccc(CSc2ncnc3c2oc2ccccc23)cc1. The van der Waals surface area contributed by atoms with Crippen molar-refractivity contribution in [3.63, 3.8) is 0 Å². The summed E-state index contributed by atoms with van der Waals surface area (Å²) in [5, 5.41) is 1.58. The summed E-state index contributed by atoms with van der Waals surface area (Å²) in [6, 6.07) is 12.7. The molecule has 2 aromatic heterocycles. The first-order valence-electron chi connectivity index (χ1n) is 7.43. The lowest BCUT2D eigenvalue weighted by Gasteiger charge is -2.07. The monoisotopic (exact) mass is 360 g/mol. The van der Waals surface area contributed by atoms with Crippen LogP contribution >= 0.6 is 11.8 Å². The molecule has 2 heterocycles. The number of hydrogen-bond donors (Lipinski definition) is 0. The first-order chi connectivity index (χ1) is 12.0. The molecule has 4 rings (SSSR count). The number of thioether (sulfide) groups is 1. The first kappa shape index (κ1) is 16.0. The van der Waals surface area contributed by atoms with E-state index in [0.29, 0.717) is 16.4 Å². The largest absolute Gasteiger partial charge is 0.451 e. The number of rotatable bonds is 3. The molecule has 3 nitrogen and oxygen atoms in total. The lowest BCUT2D eigenvalue weighted by Crippen LogP contribution is -2.04. The molecule has 4 aromatic rings. The molecule has 0 spiro atoms. The molecule has 0 saturated carbocycles. The summed E-state index contributed by atoms with van der Waals surface area (Å²) in [5.41, 5.74) is 2.19. The van der Waals surface area contributed by atoms with Crippen molar-refractivity contribution in [1.29, 1.82) is 0 Å². The molecule has 7 heteroatoms. The second kappa shape index (κ2) is 6.07. The average molecular weight is 360 g/mol. The molecule has 0 fully saturated rings. The van der Waals surface area contributed by atoms with Gasteiger partial charge in [0.15, 0.2) is 5.58 Å². The Labute approximate surface area is 144 Å².